The minimum absolute atomic E-state index is 0.313. The normalized spacial score (nSPS) is 17.1. The molecule has 1 aromatic heterocycles. The molecule has 0 radical (unpaired) electrons. The Morgan fingerprint density at radius 3 is 2.62 bits per heavy atom. The summed E-state index contributed by atoms with van der Waals surface area (Å²) < 4.78 is 29.0. The van der Waals surface area contributed by atoms with E-state index < -0.39 is 9.84 Å². The Labute approximate surface area is 126 Å². The second-order valence-corrected chi connectivity index (χ2v) is 7.11. The maximum atomic E-state index is 11.8. The van der Waals surface area contributed by atoms with Crippen molar-refractivity contribution in [1.29, 1.82) is 0 Å². The Morgan fingerprint density at radius 2 is 2.00 bits per heavy atom. The second kappa shape index (κ2) is 7.20. The standard InChI is InChI=1S/C14H23N3O3S/c1-3-20-12-11-16-7-9-17(10-8-16)14-13(21(2,18)19)5-4-6-15-14/h4-6H,3,7-12H2,1-2H3. The van der Waals surface area contributed by atoms with Gasteiger partial charge in [-0.1, -0.05) is 0 Å². The molecule has 1 fully saturated rings. The van der Waals surface area contributed by atoms with E-state index in [0.29, 0.717) is 10.7 Å². The molecule has 7 heteroatoms. The Morgan fingerprint density at radius 1 is 1.29 bits per heavy atom. The van der Waals surface area contributed by atoms with Gasteiger partial charge in [0, 0.05) is 51.8 Å². The van der Waals surface area contributed by atoms with Gasteiger partial charge in [-0.05, 0) is 19.1 Å². The lowest BCUT2D eigenvalue weighted by Gasteiger charge is -2.35. The Hall–Kier alpha value is -1.18. The molecular weight excluding hydrogens is 290 g/mol. The molecule has 1 aliphatic rings. The van der Waals surface area contributed by atoms with Crippen molar-refractivity contribution < 1.29 is 13.2 Å². The summed E-state index contributed by atoms with van der Waals surface area (Å²) in [5.41, 5.74) is 0. The zero-order valence-corrected chi connectivity index (χ0v) is 13.5. The minimum Gasteiger partial charge on any atom is -0.380 e. The van der Waals surface area contributed by atoms with E-state index in [4.69, 9.17) is 4.74 Å². The van der Waals surface area contributed by atoms with Crippen molar-refractivity contribution >= 4 is 15.7 Å². The molecule has 0 atom stereocenters. The van der Waals surface area contributed by atoms with Crippen LogP contribution in [0.2, 0.25) is 0 Å². The first kappa shape index (κ1) is 16.2. The summed E-state index contributed by atoms with van der Waals surface area (Å²) in [6.45, 7) is 7.76. The van der Waals surface area contributed by atoms with Gasteiger partial charge in [0.1, 0.15) is 10.7 Å². The van der Waals surface area contributed by atoms with Crippen LogP contribution >= 0.6 is 0 Å². The van der Waals surface area contributed by atoms with E-state index >= 15 is 0 Å². The van der Waals surface area contributed by atoms with Crippen LogP contribution in [-0.2, 0) is 14.6 Å². The van der Waals surface area contributed by atoms with Gasteiger partial charge in [-0.2, -0.15) is 0 Å². The summed E-state index contributed by atoms with van der Waals surface area (Å²) in [5, 5.41) is 0. The summed E-state index contributed by atoms with van der Waals surface area (Å²) in [4.78, 5) is 8.96. The van der Waals surface area contributed by atoms with Crippen molar-refractivity contribution in [1.82, 2.24) is 9.88 Å². The monoisotopic (exact) mass is 313 g/mol. The number of piperazine rings is 1. The molecule has 0 aliphatic carbocycles. The molecule has 0 aromatic carbocycles. The molecule has 0 N–H and O–H groups in total. The van der Waals surface area contributed by atoms with E-state index in [0.717, 1.165) is 45.9 Å². The van der Waals surface area contributed by atoms with Gasteiger partial charge in [-0.25, -0.2) is 13.4 Å². The van der Waals surface area contributed by atoms with E-state index in [-0.39, 0.29) is 0 Å². The number of ether oxygens (including phenoxy) is 1. The molecule has 0 unspecified atom stereocenters. The van der Waals surface area contributed by atoms with Gasteiger partial charge in [-0.15, -0.1) is 0 Å². The molecule has 6 nitrogen and oxygen atoms in total. The number of sulfone groups is 1. The average molecular weight is 313 g/mol. The van der Waals surface area contributed by atoms with Crippen LogP contribution in [0.15, 0.2) is 23.2 Å². The lowest BCUT2D eigenvalue weighted by atomic mass is 10.3. The van der Waals surface area contributed by atoms with Crippen molar-refractivity contribution in [3.05, 3.63) is 18.3 Å². The minimum atomic E-state index is -3.25. The summed E-state index contributed by atoms with van der Waals surface area (Å²) in [7, 11) is -3.25. The largest absolute Gasteiger partial charge is 0.380 e. The summed E-state index contributed by atoms with van der Waals surface area (Å²) in [6.07, 6.45) is 2.87. The fourth-order valence-electron chi connectivity index (χ4n) is 2.43. The third kappa shape index (κ3) is 4.39. The lowest BCUT2D eigenvalue weighted by molar-refractivity contribution is 0.111. The van der Waals surface area contributed by atoms with Crippen molar-refractivity contribution in [2.24, 2.45) is 0 Å². The molecule has 2 rings (SSSR count). The highest BCUT2D eigenvalue weighted by Crippen LogP contribution is 2.23. The van der Waals surface area contributed by atoms with Crippen molar-refractivity contribution in [2.75, 3.05) is 57.1 Å². The van der Waals surface area contributed by atoms with Crippen LogP contribution in [0.25, 0.3) is 0 Å². The van der Waals surface area contributed by atoms with Crippen molar-refractivity contribution in [3.63, 3.8) is 0 Å². The fraction of sp³-hybridized carbons (Fsp3) is 0.643. The summed E-state index contributed by atoms with van der Waals surface area (Å²) in [6, 6.07) is 3.29. The number of hydrogen-bond acceptors (Lipinski definition) is 6. The molecule has 0 amide bonds. The van der Waals surface area contributed by atoms with E-state index in [1.807, 2.05) is 11.8 Å². The maximum absolute atomic E-state index is 11.8. The predicted octanol–water partition coefficient (Wildman–Crippen LogP) is 0.644. The molecule has 118 valence electrons. The van der Waals surface area contributed by atoms with Gasteiger partial charge < -0.3 is 9.64 Å². The van der Waals surface area contributed by atoms with Crippen LogP contribution < -0.4 is 4.90 Å². The summed E-state index contributed by atoms with van der Waals surface area (Å²) >= 11 is 0. The van der Waals surface area contributed by atoms with Crippen LogP contribution in [0.4, 0.5) is 5.82 Å². The van der Waals surface area contributed by atoms with Gasteiger partial charge in [0.2, 0.25) is 0 Å². The zero-order valence-electron chi connectivity index (χ0n) is 12.7. The first-order valence-electron chi connectivity index (χ1n) is 7.22. The van der Waals surface area contributed by atoms with Gasteiger partial charge >= 0.3 is 0 Å². The molecule has 1 aromatic rings. The number of nitrogens with zero attached hydrogens (tertiary/aromatic N) is 3. The van der Waals surface area contributed by atoms with Gasteiger partial charge in [0.25, 0.3) is 0 Å². The van der Waals surface area contributed by atoms with Crippen molar-refractivity contribution in [2.45, 2.75) is 11.8 Å². The highest BCUT2D eigenvalue weighted by atomic mass is 32.2. The number of hydrogen-bond donors (Lipinski definition) is 0. The third-order valence-electron chi connectivity index (χ3n) is 3.58. The van der Waals surface area contributed by atoms with Crippen LogP contribution in [-0.4, -0.2) is 70.5 Å². The first-order chi connectivity index (χ1) is 10.0. The molecule has 0 saturated carbocycles. The Kier molecular flexibility index (Phi) is 5.55. The average Bonchev–Trinajstić information content (AvgIpc) is 2.47. The number of rotatable bonds is 6. The number of pyridine rings is 1. The number of aromatic nitrogens is 1. The fourth-order valence-corrected chi connectivity index (χ4v) is 3.27. The van der Waals surface area contributed by atoms with Crippen LogP contribution in [0, 0.1) is 0 Å². The van der Waals surface area contributed by atoms with Crippen LogP contribution in [0.5, 0.6) is 0 Å². The Bertz CT molecular complexity index is 554. The topological polar surface area (TPSA) is 62.7 Å². The van der Waals surface area contributed by atoms with E-state index in [9.17, 15) is 8.42 Å². The van der Waals surface area contributed by atoms with Crippen LogP contribution in [0.1, 0.15) is 6.92 Å². The molecule has 1 aliphatic heterocycles. The smallest absolute Gasteiger partial charge is 0.179 e. The highest BCUT2D eigenvalue weighted by Gasteiger charge is 2.23. The van der Waals surface area contributed by atoms with Crippen LogP contribution in [0.3, 0.4) is 0 Å². The molecular formula is C14H23N3O3S. The molecule has 1 saturated heterocycles. The molecule has 0 bridgehead atoms. The van der Waals surface area contributed by atoms with Crippen molar-refractivity contribution in [3.8, 4) is 0 Å². The zero-order chi connectivity index (χ0) is 15.3. The van der Waals surface area contributed by atoms with E-state index in [1.165, 1.54) is 6.26 Å². The molecule has 0 spiro atoms. The second-order valence-electron chi connectivity index (χ2n) is 5.12. The lowest BCUT2D eigenvalue weighted by Crippen LogP contribution is -2.48. The highest BCUT2D eigenvalue weighted by molar-refractivity contribution is 7.90. The third-order valence-corrected chi connectivity index (χ3v) is 4.70. The molecule has 21 heavy (non-hydrogen) atoms. The van der Waals surface area contributed by atoms with E-state index in [1.54, 1.807) is 18.3 Å². The first-order valence-corrected chi connectivity index (χ1v) is 9.11. The number of anilines is 1. The van der Waals surface area contributed by atoms with Gasteiger partial charge in [0.15, 0.2) is 9.84 Å². The Balaban J connectivity index is 2.00. The van der Waals surface area contributed by atoms with Gasteiger partial charge in [-0.3, -0.25) is 4.90 Å². The summed E-state index contributed by atoms with van der Waals surface area (Å²) in [5.74, 6) is 0.574. The van der Waals surface area contributed by atoms with E-state index in [2.05, 4.69) is 9.88 Å². The predicted molar refractivity (Wildman–Crippen MR) is 82.5 cm³/mol. The molecule has 2 heterocycles. The SMILES string of the molecule is CCOCCN1CCN(c2ncccc2S(C)(=O)=O)CC1. The maximum Gasteiger partial charge on any atom is 0.179 e. The van der Waals surface area contributed by atoms with Gasteiger partial charge in [0.05, 0.1) is 6.61 Å². The quantitative estimate of drug-likeness (QED) is 0.718.